The predicted molar refractivity (Wildman–Crippen MR) is 57.5 cm³/mol. The van der Waals surface area contributed by atoms with E-state index in [2.05, 4.69) is 10.3 Å². The van der Waals surface area contributed by atoms with Crippen LogP contribution in [0.4, 0.5) is 0 Å². The van der Waals surface area contributed by atoms with Gasteiger partial charge in [-0.05, 0) is 6.07 Å². The summed E-state index contributed by atoms with van der Waals surface area (Å²) in [4.78, 5) is 15.3. The molecule has 0 aliphatic carbocycles. The van der Waals surface area contributed by atoms with E-state index < -0.39 is 0 Å². The molecular weight excluding hydrogens is 208 g/mol. The van der Waals surface area contributed by atoms with Gasteiger partial charge in [0, 0.05) is 25.7 Å². The molecule has 0 spiro atoms. The fourth-order valence-electron chi connectivity index (χ4n) is 1.51. The van der Waals surface area contributed by atoms with Crippen LogP contribution in [0.2, 0.25) is 0 Å². The van der Waals surface area contributed by atoms with Crippen molar-refractivity contribution < 1.29 is 14.3 Å². The highest BCUT2D eigenvalue weighted by atomic mass is 16.5. The van der Waals surface area contributed by atoms with Crippen molar-refractivity contribution in [1.82, 2.24) is 10.3 Å². The normalized spacial score (nSPS) is 19.4. The number of aromatic nitrogens is 1. The van der Waals surface area contributed by atoms with Crippen LogP contribution >= 0.6 is 0 Å². The van der Waals surface area contributed by atoms with Gasteiger partial charge in [0.05, 0.1) is 18.8 Å². The maximum absolute atomic E-state index is 11.3. The second kappa shape index (κ2) is 4.94. The molecule has 1 saturated heterocycles. The van der Waals surface area contributed by atoms with Crippen LogP contribution in [0.25, 0.3) is 0 Å². The number of hydrogen-bond acceptors (Lipinski definition) is 4. The highest BCUT2D eigenvalue weighted by Crippen LogP contribution is 2.14. The van der Waals surface area contributed by atoms with Gasteiger partial charge in [-0.3, -0.25) is 4.79 Å². The van der Waals surface area contributed by atoms with Crippen LogP contribution in [0, 0.1) is 0 Å². The number of ether oxygens (including phenoxy) is 2. The molecule has 1 aromatic rings. The van der Waals surface area contributed by atoms with Crippen molar-refractivity contribution in [3.05, 3.63) is 23.9 Å². The van der Waals surface area contributed by atoms with Gasteiger partial charge in [-0.25, -0.2) is 4.98 Å². The minimum absolute atomic E-state index is 0.0818. The van der Waals surface area contributed by atoms with E-state index in [0.717, 1.165) is 13.0 Å². The summed E-state index contributed by atoms with van der Waals surface area (Å²) in [6, 6.07) is 3.39. The summed E-state index contributed by atoms with van der Waals surface area (Å²) in [7, 11) is 1.59. The minimum atomic E-state index is -0.150. The molecule has 86 valence electrons. The first-order chi connectivity index (χ1) is 7.79. The standard InChI is InChI=1S/C11H14N2O3/c1-12-11(14)8-2-3-10(13-6-8)16-9-4-5-15-7-9/h2-3,6,9H,4-5,7H2,1H3,(H,12,14). The average molecular weight is 222 g/mol. The highest BCUT2D eigenvalue weighted by Gasteiger charge is 2.17. The van der Waals surface area contributed by atoms with Crippen LogP contribution in [0.15, 0.2) is 18.3 Å². The number of carbonyl (C=O) groups excluding carboxylic acids is 1. The lowest BCUT2D eigenvalue weighted by Gasteiger charge is -2.10. The van der Waals surface area contributed by atoms with Gasteiger partial charge in [-0.15, -0.1) is 0 Å². The van der Waals surface area contributed by atoms with Crippen LogP contribution in [-0.4, -0.2) is 37.3 Å². The molecule has 5 nitrogen and oxygen atoms in total. The molecule has 0 aromatic carbocycles. The molecule has 1 aliphatic heterocycles. The maximum atomic E-state index is 11.3. The zero-order chi connectivity index (χ0) is 11.4. The van der Waals surface area contributed by atoms with E-state index in [0.29, 0.717) is 18.1 Å². The van der Waals surface area contributed by atoms with Gasteiger partial charge in [0.15, 0.2) is 0 Å². The molecule has 16 heavy (non-hydrogen) atoms. The van der Waals surface area contributed by atoms with Gasteiger partial charge in [-0.1, -0.05) is 0 Å². The molecule has 0 radical (unpaired) electrons. The SMILES string of the molecule is CNC(=O)c1ccc(OC2CCOC2)nc1. The Morgan fingerprint density at radius 3 is 3.06 bits per heavy atom. The molecule has 0 saturated carbocycles. The zero-order valence-electron chi connectivity index (χ0n) is 9.10. The third-order valence-corrected chi connectivity index (χ3v) is 2.40. The lowest BCUT2D eigenvalue weighted by Crippen LogP contribution is -2.19. The summed E-state index contributed by atoms with van der Waals surface area (Å²) in [6.45, 7) is 1.35. The molecule has 1 N–H and O–H groups in total. The Morgan fingerprint density at radius 1 is 1.62 bits per heavy atom. The zero-order valence-corrected chi connectivity index (χ0v) is 9.10. The summed E-state index contributed by atoms with van der Waals surface area (Å²) in [5, 5.41) is 2.53. The van der Waals surface area contributed by atoms with Crippen molar-refractivity contribution in [3.63, 3.8) is 0 Å². The largest absolute Gasteiger partial charge is 0.472 e. The molecule has 5 heteroatoms. The van der Waals surface area contributed by atoms with Crippen LogP contribution < -0.4 is 10.1 Å². The van der Waals surface area contributed by atoms with Crippen molar-refractivity contribution >= 4 is 5.91 Å². The first kappa shape index (κ1) is 10.9. The molecule has 1 amide bonds. The van der Waals surface area contributed by atoms with Gasteiger partial charge in [0.25, 0.3) is 5.91 Å². The highest BCUT2D eigenvalue weighted by molar-refractivity contribution is 5.93. The summed E-state index contributed by atoms with van der Waals surface area (Å²) in [5.74, 6) is 0.381. The van der Waals surface area contributed by atoms with Gasteiger partial charge >= 0.3 is 0 Å². The molecule has 1 atom stereocenters. The summed E-state index contributed by atoms with van der Waals surface area (Å²) in [5.41, 5.74) is 0.525. The molecular formula is C11H14N2O3. The van der Waals surface area contributed by atoms with E-state index in [1.807, 2.05) is 0 Å². The average Bonchev–Trinajstić information content (AvgIpc) is 2.82. The third kappa shape index (κ3) is 2.49. The van der Waals surface area contributed by atoms with E-state index >= 15 is 0 Å². The number of carbonyl (C=O) groups is 1. The molecule has 1 aliphatic rings. The van der Waals surface area contributed by atoms with Gasteiger partial charge in [0.2, 0.25) is 5.88 Å². The van der Waals surface area contributed by atoms with Crippen LogP contribution in [0.1, 0.15) is 16.8 Å². The van der Waals surface area contributed by atoms with Crippen molar-refractivity contribution in [1.29, 1.82) is 0 Å². The number of hydrogen-bond donors (Lipinski definition) is 1. The van der Waals surface area contributed by atoms with Gasteiger partial charge < -0.3 is 14.8 Å². The number of nitrogens with one attached hydrogen (secondary N) is 1. The Hall–Kier alpha value is -1.62. The number of pyridine rings is 1. The van der Waals surface area contributed by atoms with Gasteiger partial charge in [0.1, 0.15) is 6.10 Å². The van der Waals surface area contributed by atoms with E-state index in [-0.39, 0.29) is 12.0 Å². The maximum Gasteiger partial charge on any atom is 0.252 e. The second-order valence-electron chi connectivity index (χ2n) is 3.57. The Kier molecular flexibility index (Phi) is 3.36. The number of rotatable bonds is 3. The summed E-state index contributed by atoms with van der Waals surface area (Å²) < 4.78 is 10.8. The smallest absolute Gasteiger partial charge is 0.252 e. The minimum Gasteiger partial charge on any atom is -0.472 e. The lowest BCUT2D eigenvalue weighted by atomic mass is 10.2. The third-order valence-electron chi connectivity index (χ3n) is 2.40. The Balaban J connectivity index is 1.98. The number of nitrogens with zero attached hydrogens (tertiary/aromatic N) is 1. The molecule has 2 heterocycles. The van der Waals surface area contributed by atoms with Gasteiger partial charge in [-0.2, -0.15) is 0 Å². The first-order valence-corrected chi connectivity index (χ1v) is 5.22. The molecule has 1 aromatic heterocycles. The first-order valence-electron chi connectivity index (χ1n) is 5.22. The topological polar surface area (TPSA) is 60.5 Å². The van der Waals surface area contributed by atoms with Crippen molar-refractivity contribution in [2.45, 2.75) is 12.5 Å². The Labute approximate surface area is 93.8 Å². The van der Waals surface area contributed by atoms with Crippen molar-refractivity contribution in [2.24, 2.45) is 0 Å². The number of amides is 1. The lowest BCUT2D eigenvalue weighted by molar-refractivity contribution is 0.0962. The summed E-state index contributed by atoms with van der Waals surface area (Å²) >= 11 is 0. The van der Waals surface area contributed by atoms with Crippen LogP contribution in [-0.2, 0) is 4.74 Å². The van der Waals surface area contributed by atoms with Crippen LogP contribution in [0.5, 0.6) is 5.88 Å². The van der Waals surface area contributed by atoms with Crippen molar-refractivity contribution in [2.75, 3.05) is 20.3 Å². The monoisotopic (exact) mass is 222 g/mol. The summed E-state index contributed by atoms with van der Waals surface area (Å²) in [6.07, 6.45) is 2.47. The second-order valence-corrected chi connectivity index (χ2v) is 3.57. The molecule has 1 unspecified atom stereocenters. The quantitative estimate of drug-likeness (QED) is 0.814. The van der Waals surface area contributed by atoms with E-state index in [4.69, 9.17) is 9.47 Å². The van der Waals surface area contributed by atoms with E-state index in [9.17, 15) is 4.79 Å². The fraction of sp³-hybridized carbons (Fsp3) is 0.455. The Bertz CT molecular complexity index is 358. The van der Waals surface area contributed by atoms with Crippen LogP contribution in [0.3, 0.4) is 0 Å². The Morgan fingerprint density at radius 2 is 2.50 bits per heavy atom. The van der Waals surface area contributed by atoms with E-state index in [1.54, 1.807) is 19.2 Å². The molecule has 0 bridgehead atoms. The van der Waals surface area contributed by atoms with E-state index in [1.165, 1.54) is 6.20 Å². The molecule has 2 rings (SSSR count). The van der Waals surface area contributed by atoms with Crippen molar-refractivity contribution in [3.8, 4) is 5.88 Å². The molecule has 1 fully saturated rings. The predicted octanol–water partition coefficient (Wildman–Crippen LogP) is 0.609. The fourth-order valence-corrected chi connectivity index (χ4v) is 1.51.